The van der Waals surface area contributed by atoms with E-state index in [1.807, 2.05) is 11.9 Å². The molecule has 1 aliphatic rings. The highest BCUT2D eigenvalue weighted by molar-refractivity contribution is 6.32. The lowest BCUT2D eigenvalue weighted by Crippen LogP contribution is -2.13. The van der Waals surface area contributed by atoms with Crippen LogP contribution >= 0.6 is 23.2 Å². The molecule has 1 aliphatic heterocycles. The molecule has 0 bridgehead atoms. The van der Waals surface area contributed by atoms with Gasteiger partial charge in [-0.1, -0.05) is 11.6 Å². The number of nitrogens with zero attached hydrogens (tertiary/aromatic N) is 3. The smallest absolute Gasteiger partial charge is 0.225 e. The van der Waals surface area contributed by atoms with E-state index in [9.17, 15) is 0 Å². The third kappa shape index (κ3) is 1.13. The summed E-state index contributed by atoms with van der Waals surface area (Å²) in [6.45, 7) is 0.935. The second kappa shape index (κ2) is 2.75. The summed E-state index contributed by atoms with van der Waals surface area (Å²) in [6, 6.07) is 0. The lowest BCUT2D eigenvalue weighted by Gasteiger charge is -2.09. The van der Waals surface area contributed by atoms with E-state index in [-0.39, 0.29) is 5.28 Å². The van der Waals surface area contributed by atoms with E-state index < -0.39 is 0 Å². The molecule has 12 heavy (non-hydrogen) atoms. The molecule has 0 fully saturated rings. The molecule has 0 aromatic carbocycles. The van der Waals surface area contributed by atoms with Gasteiger partial charge in [0.2, 0.25) is 5.28 Å². The maximum atomic E-state index is 5.88. The largest absolute Gasteiger partial charge is 0.359 e. The van der Waals surface area contributed by atoms with Gasteiger partial charge < -0.3 is 4.90 Å². The molecule has 0 radical (unpaired) electrons. The second-order valence-corrected chi connectivity index (χ2v) is 3.45. The lowest BCUT2D eigenvalue weighted by atomic mass is 10.3. The molecule has 0 N–H and O–H groups in total. The summed E-state index contributed by atoms with van der Waals surface area (Å²) < 4.78 is 0. The molecule has 0 aliphatic carbocycles. The van der Waals surface area contributed by atoms with Crippen LogP contribution in [0.4, 0.5) is 5.82 Å². The predicted molar refractivity (Wildman–Crippen MR) is 49.0 cm³/mol. The van der Waals surface area contributed by atoms with Crippen molar-refractivity contribution in [1.82, 2.24) is 9.97 Å². The van der Waals surface area contributed by atoms with Gasteiger partial charge in [0, 0.05) is 19.2 Å². The van der Waals surface area contributed by atoms with E-state index in [1.165, 1.54) is 0 Å². The number of likely N-dealkylation sites (N-methyl/N-ethyl adjacent to an activating group) is 1. The Kier molecular flexibility index (Phi) is 1.85. The highest BCUT2D eigenvalue weighted by Gasteiger charge is 2.21. The zero-order chi connectivity index (χ0) is 8.72. The Morgan fingerprint density at radius 3 is 2.83 bits per heavy atom. The number of hydrogen-bond acceptors (Lipinski definition) is 3. The SMILES string of the molecule is CN1CCc2c(Cl)nc(Cl)nc21. The first-order chi connectivity index (χ1) is 5.68. The van der Waals surface area contributed by atoms with E-state index in [0.29, 0.717) is 5.15 Å². The minimum atomic E-state index is 0.215. The molecule has 3 nitrogen and oxygen atoms in total. The first kappa shape index (κ1) is 8.08. The summed E-state index contributed by atoms with van der Waals surface area (Å²) in [5, 5.41) is 0.696. The quantitative estimate of drug-likeness (QED) is 0.476. The maximum Gasteiger partial charge on any atom is 0.225 e. The summed E-state index contributed by atoms with van der Waals surface area (Å²) in [5.74, 6) is 0.861. The molecule has 1 aromatic rings. The number of hydrogen-bond donors (Lipinski definition) is 0. The Bertz CT molecular complexity index is 327. The zero-order valence-corrected chi connectivity index (χ0v) is 8.02. The molecule has 5 heteroatoms. The molecule has 0 spiro atoms. The summed E-state index contributed by atoms with van der Waals surface area (Å²) in [6.07, 6.45) is 0.905. The van der Waals surface area contributed by atoms with Gasteiger partial charge in [-0.2, -0.15) is 0 Å². The number of anilines is 1. The molecule has 2 rings (SSSR count). The zero-order valence-electron chi connectivity index (χ0n) is 6.51. The van der Waals surface area contributed by atoms with Crippen molar-refractivity contribution in [3.05, 3.63) is 16.0 Å². The topological polar surface area (TPSA) is 29.0 Å². The molecule has 0 saturated heterocycles. The molecular weight excluding hydrogens is 197 g/mol. The highest BCUT2D eigenvalue weighted by Crippen LogP contribution is 2.30. The Morgan fingerprint density at radius 2 is 2.08 bits per heavy atom. The van der Waals surface area contributed by atoms with Crippen LogP contribution in [0.25, 0.3) is 0 Å². The molecule has 0 atom stereocenters. The number of aromatic nitrogens is 2. The van der Waals surface area contributed by atoms with Gasteiger partial charge in [-0.05, 0) is 18.0 Å². The fourth-order valence-electron chi connectivity index (χ4n) is 1.34. The van der Waals surface area contributed by atoms with Crippen molar-refractivity contribution in [3.8, 4) is 0 Å². The fraction of sp³-hybridized carbons (Fsp3) is 0.429. The van der Waals surface area contributed by atoms with Crippen molar-refractivity contribution in [2.75, 3.05) is 18.5 Å². The van der Waals surface area contributed by atoms with Gasteiger partial charge in [0.15, 0.2) is 0 Å². The summed E-state index contributed by atoms with van der Waals surface area (Å²) in [7, 11) is 1.96. The first-order valence-electron chi connectivity index (χ1n) is 3.61. The summed E-state index contributed by atoms with van der Waals surface area (Å²) in [4.78, 5) is 9.99. The molecule has 0 amide bonds. The van der Waals surface area contributed by atoms with Crippen LogP contribution in [0.1, 0.15) is 5.56 Å². The van der Waals surface area contributed by atoms with Crippen molar-refractivity contribution in [2.24, 2.45) is 0 Å². The predicted octanol–water partition coefficient (Wildman–Crippen LogP) is 1.78. The molecule has 64 valence electrons. The molecule has 2 heterocycles. The van der Waals surface area contributed by atoms with Gasteiger partial charge in [-0.15, -0.1) is 0 Å². The Hall–Kier alpha value is -0.540. The van der Waals surface area contributed by atoms with Crippen LogP contribution in [0.15, 0.2) is 0 Å². The number of halogens is 2. The highest BCUT2D eigenvalue weighted by atomic mass is 35.5. The van der Waals surface area contributed by atoms with Crippen molar-refractivity contribution in [3.63, 3.8) is 0 Å². The summed E-state index contributed by atoms with van der Waals surface area (Å²) in [5.41, 5.74) is 1.00. The van der Waals surface area contributed by atoms with Crippen LogP contribution in [0.3, 0.4) is 0 Å². The first-order valence-corrected chi connectivity index (χ1v) is 4.37. The molecule has 0 unspecified atom stereocenters. The number of rotatable bonds is 0. The average Bonchev–Trinajstić information content (AvgIpc) is 2.33. The Balaban J connectivity index is 2.60. The van der Waals surface area contributed by atoms with Crippen LogP contribution in [0, 0.1) is 0 Å². The lowest BCUT2D eigenvalue weighted by molar-refractivity contribution is 0.945. The van der Waals surface area contributed by atoms with Crippen molar-refractivity contribution >= 4 is 29.0 Å². The molecule has 1 aromatic heterocycles. The molecular formula is C7H7Cl2N3. The van der Waals surface area contributed by atoms with Gasteiger partial charge >= 0.3 is 0 Å². The van der Waals surface area contributed by atoms with Crippen LogP contribution in [-0.4, -0.2) is 23.6 Å². The monoisotopic (exact) mass is 203 g/mol. The maximum absolute atomic E-state index is 5.88. The third-order valence-electron chi connectivity index (χ3n) is 1.97. The van der Waals surface area contributed by atoms with Gasteiger partial charge in [-0.25, -0.2) is 9.97 Å². The van der Waals surface area contributed by atoms with Crippen molar-refractivity contribution in [1.29, 1.82) is 0 Å². The minimum absolute atomic E-state index is 0.215. The fourth-order valence-corrected chi connectivity index (χ4v) is 1.80. The Labute approximate surface area is 80.3 Å². The van der Waals surface area contributed by atoms with Crippen LogP contribution < -0.4 is 4.90 Å². The second-order valence-electron chi connectivity index (χ2n) is 2.76. The van der Waals surface area contributed by atoms with E-state index in [2.05, 4.69) is 9.97 Å². The molecule has 0 saturated carbocycles. The summed E-state index contributed by atoms with van der Waals surface area (Å²) >= 11 is 11.5. The van der Waals surface area contributed by atoms with E-state index >= 15 is 0 Å². The Morgan fingerprint density at radius 1 is 1.33 bits per heavy atom. The third-order valence-corrected chi connectivity index (χ3v) is 2.45. The average molecular weight is 204 g/mol. The van der Waals surface area contributed by atoms with Gasteiger partial charge in [0.05, 0.1) is 0 Å². The van der Waals surface area contributed by atoms with Gasteiger partial charge in [0.1, 0.15) is 11.0 Å². The van der Waals surface area contributed by atoms with Crippen molar-refractivity contribution in [2.45, 2.75) is 6.42 Å². The van der Waals surface area contributed by atoms with E-state index in [1.54, 1.807) is 0 Å². The van der Waals surface area contributed by atoms with Gasteiger partial charge in [-0.3, -0.25) is 0 Å². The van der Waals surface area contributed by atoms with Crippen molar-refractivity contribution < 1.29 is 0 Å². The van der Waals surface area contributed by atoms with Gasteiger partial charge in [0.25, 0.3) is 0 Å². The number of fused-ring (bicyclic) bond motifs is 1. The van der Waals surface area contributed by atoms with Crippen LogP contribution in [0.5, 0.6) is 0 Å². The normalized spacial score (nSPS) is 15.1. The van der Waals surface area contributed by atoms with E-state index in [4.69, 9.17) is 23.2 Å². The van der Waals surface area contributed by atoms with Crippen LogP contribution in [-0.2, 0) is 6.42 Å². The minimum Gasteiger partial charge on any atom is -0.359 e. The standard InChI is InChI=1S/C7H7Cl2N3/c1-12-3-2-4-5(8)10-7(9)11-6(4)12/h2-3H2,1H3. The van der Waals surface area contributed by atoms with E-state index in [0.717, 1.165) is 24.3 Å². The van der Waals surface area contributed by atoms with Crippen LogP contribution in [0.2, 0.25) is 10.4 Å².